The van der Waals surface area contributed by atoms with Gasteiger partial charge in [-0.25, -0.2) is 9.50 Å². The summed E-state index contributed by atoms with van der Waals surface area (Å²) in [6, 6.07) is 12.5. The van der Waals surface area contributed by atoms with Crippen LogP contribution < -0.4 is 4.90 Å². The maximum absolute atomic E-state index is 12.7. The van der Waals surface area contributed by atoms with E-state index >= 15 is 0 Å². The normalized spacial score (nSPS) is 22.3. The van der Waals surface area contributed by atoms with E-state index in [9.17, 15) is 13.2 Å². The van der Waals surface area contributed by atoms with Gasteiger partial charge in [-0.15, -0.1) is 0 Å². The van der Waals surface area contributed by atoms with Crippen molar-refractivity contribution in [3.05, 3.63) is 60.2 Å². The Morgan fingerprint density at radius 3 is 2.49 bits per heavy atom. The number of thioether (sulfide) groups is 1. The van der Waals surface area contributed by atoms with Crippen molar-refractivity contribution < 1.29 is 13.2 Å². The van der Waals surface area contributed by atoms with Gasteiger partial charge in [-0.1, -0.05) is 12.1 Å². The molecule has 1 aromatic carbocycles. The van der Waals surface area contributed by atoms with Crippen molar-refractivity contribution in [3.8, 4) is 11.1 Å². The molecule has 2 aliphatic rings. The minimum atomic E-state index is -4.29. The van der Waals surface area contributed by atoms with Gasteiger partial charge in [-0.2, -0.15) is 22.6 Å². The average Bonchev–Trinajstić information content (AvgIpc) is 3.48. The number of halogens is 3. The summed E-state index contributed by atoms with van der Waals surface area (Å²) in [4.78, 5) is 7.56. The van der Waals surface area contributed by atoms with Crippen LogP contribution in [0.25, 0.3) is 16.8 Å². The van der Waals surface area contributed by atoms with Crippen molar-refractivity contribution in [2.75, 3.05) is 18.0 Å². The molecule has 3 aromatic heterocycles. The molecule has 0 N–H and O–H groups in total. The minimum Gasteiger partial charge on any atom is -0.362 e. The van der Waals surface area contributed by atoms with Gasteiger partial charge < -0.3 is 4.90 Å². The van der Waals surface area contributed by atoms with Crippen LogP contribution in [0.15, 0.2) is 53.6 Å². The van der Waals surface area contributed by atoms with Gasteiger partial charge in [0.05, 0.1) is 5.69 Å². The molecule has 6 rings (SSSR count). The smallest absolute Gasteiger partial charge is 0.362 e. The third-order valence-corrected chi connectivity index (χ3v) is 8.86. The number of alkyl halides is 3. The predicted molar refractivity (Wildman–Crippen MR) is 133 cm³/mol. The van der Waals surface area contributed by atoms with Crippen molar-refractivity contribution >= 4 is 33.9 Å². The molecule has 10 heteroatoms. The van der Waals surface area contributed by atoms with E-state index in [0.717, 1.165) is 47.8 Å². The van der Waals surface area contributed by atoms with Crippen LogP contribution in [0.2, 0.25) is 0 Å². The Hall–Kier alpha value is -2.59. The molecule has 2 bridgehead atoms. The van der Waals surface area contributed by atoms with Crippen molar-refractivity contribution in [2.24, 2.45) is 17.8 Å². The average molecular weight is 516 g/mol. The number of rotatable bonds is 5. The molecule has 0 radical (unpaired) electrons. The monoisotopic (exact) mass is 515 g/mol. The number of pyridine rings is 1. The standard InChI is InChI=1S/C25H24F3N5S2/c1-15-11-23(35-31-15)32-13-17-4-5-18(14-32)21(17)12-22-29-24-20(3-2-10-33(24)30-22)16-6-8-19(9-7-16)34-25(26,27)28/h2-3,6-11,17-18,21H,4-5,12-14H2,1H3/t17-,18+,21?. The van der Waals surface area contributed by atoms with Gasteiger partial charge in [0.1, 0.15) is 5.00 Å². The molecule has 2 fully saturated rings. The summed E-state index contributed by atoms with van der Waals surface area (Å²) in [7, 11) is 0. The number of anilines is 1. The molecule has 4 aromatic rings. The molecule has 4 heterocycles. The Morgan fingerprint density at radius 1 is 1.09 bits per heavy atom. The van der Waals surface area contributed by atoms with Gasteiger partial charge in [-0.3, -0.25) is 0 Å². The Kier molecular flexibility index (Phi) is 5.75. The summed E-state index contributed by atoms with van der Waals surface area (Å²) in [5.74, 6) is 2.66. The number of fused-ring (bicyclic) bond motifs is 3. The molecule has 1 saturated carbocycles. The van der Waals surface area contributed by atoms with Crippen LogP contribution in [0.4, 0.5) is 18.2 Å². The lowest BCUT2D eigenvalue weighted by Crippen LogP contribution is -2.42. The van der Waals surface area contributed by atoms with E-state index in [1.165, 1.54) is 30.0 Å². The van der Waals surface area contributed by atoms with E-state index in [1.54, 1.807) is 28.2 Å². The Balaban J connectivity index is 1.21. The van der Waals surface area contributed by atoms with E-state index in [-0.39, 0.29) is 16.7 Å². The summed E-state index contributed by atoms with van der Waals surface area (Å²) in [6.45, 7) is 4.16. The first-order chi connectivity index (χ1) is 16.8. The zero-order valence-electron chi connectivity index (χ0n) is 19.1. The SMILES string of the molecule is Cc1cc(N2C[C@H]3CC[C@@H](C2)C3Cc2nc3c(-c4ccc(SC(F)(F)F)cc4)cccn3n2)sn1. The molecule has 5 nitrogen and oxygen atoms in total. The number of hydrogen-bond donors (Lipinski definition) is 0. The molecule has 182 valence electrons. The van der Waals surface area contributed by atoms with Crippen LogP contribution in [0, 0.1) is 24.7 Å². The van der Waals surface area contributed by atoms with E-state index in [1.807, 2.05) is 25.3 Å². The van der Waals surface area contributed by atoms with Crippen LogP contribution in [0.3, 0.4) is 0 Å². The fourth-order valence-corrected chi connectivity index (χ4v) is 6.97. The second-order valence-electron chi connectivity index (χ2n) is 9.47. The Bertz CT molecular complexity index is 1330. The van der Waals surface area contributed by atoms with E-state index in [4.69, 9.17) is 10.1 Å². The zero-order valence-corrected chi connectivity index (χ0v) is 20.7. The number of aromatic nitrogens is 4. The van der Waals surface area contributed by atoms with Gasteiger partial charge in [0.2, 0.25) is 0 Å². The maximum atomic E-state index is 12.7. The molecule has 0 spiro atoms. The van der Waals surface area contributed by atoms with Gasteiger partial charge in [-0.05, 0) is 96.7 Å². The first-order valence-corrected chi connectivity index (χ1v) is 13.3. The first-order valence-electron chi connectivity index (χ1n) is 11.7. The molecular formula is C25H24F3N5S2. The van der Waals surface area contributed by atoms with Crippen LogP contribution in [0.1, 0.15) is 24.4 Å². The third-order valence-electron chi connectivity index (χ3n) is 7.18. The Morgan fingerprint density at radius 2 is 1.83 bits per heavy atom. The summed E-state index contributed by atoms with van der Waals surface area (Å²) in [5, 5.41) is 6.04. The van der Waals surface area contributed by atoms with Gasteiger partial charge in [0.15, 0.2) is 11.5 Å². The highest BCUT2D eigenvalue weighted by molar-refractivity contribution is 8.00. The summed E-state index contributed by atoms with van der Waals surface area (Å²) >= 11 is 1.49. The third kappa shape index (κ3) is 4.65. The van der Waals surface area contributed by atoms with Crippen molar-refractivity contribution in [1.82, 2.24) is 19.0 Å². The zero-order chi connectivity index (χ0) is 24.2. The van der Waals surface area contributed by atoms with Gasteiger partial charge in [0.25, 0.3) is 0 Å². The highest BCUT2D eigenvalue weighted by atomic mass is 32.2. The molecule has 1 aliphatic carbocycles. The number of benzene rings is 1. The van der Waals surface area contributed by atoms with Crippen molar-refractivity contribution in [3.63, 3.8) is 0 Å². The highest BCUT2D eigenvalue weighted by Crippen LogP contribution is 2.45. The molecule has 0 amide bonds. The van der Waals surface area contributed by atoms with E-state index in [2.05, 4.69) is 15.3 Å². The summed E-state index contributed by atoms with van der Waals surface area (Å²) in [6.07, 6.45) is 5.22. The number of aryl methyl sites for hydroxylation is 1. The number of hydrogen-bond acceptors (Lipinski definition) is 6. The molecule has 1 aliphatic heterocycles. The molecule has 3 atom stereocenters. The largest absolute Gasteiger partial charge is 0.446 e. The lowest BCUT2D eigenvalue weighted by molar-refractivity contribution is -0.0328. The lowest BCUT2D eigenvalue weighted by Gasteiger charge is -2.38. The second kappa shape index (κ2) is 8.81. The Labute approximate surface area is 209 Å². The van der Waals surface area contributed by atoms with E-state index in [0.29, 0.717) is 17.8 Å². The quantitative estimate of drug-likeness (QED) is 0.285. The summed E-state index contributed by atoms with van der Waals surface area (Å²) in [5.41, 5.74) is -0.775. The van der Waals surface area contributed by atoms with Gasteiger partial charge >= 0.3 is 5.51 Å². The van der Waals surface area contributed by atoms with Crippen molar-refractivity contribution in [1.29, 1.82) is 0 Å². The molecular weight excluding hydrogens is 491 g/mol. The number of piperidine rings is 1. The molecule has 1 unspecified atom stereocenters. The highest BCUT2D eigenvalue weighted by Gasteiger charge is 2.42. The molecule has 35 heavy (non-hydrogen) atoms. The van der Waals surface area contributed by atoms with E-state index < -0.39 is 5.51 Å². The predicted octanol–water partition coefficient (Wildman–Crippen LogP) is 6.48. The van der Waals surface area contributed by atoms with Crippen molar-refractivity contribution in [2.45, 2.75) is 36.6 Å². The molecule has 1 saturated heterocycles. The fourth-order valence-electron chi connectivity index (χ4n) is 5.66. The van der Waals surface area contributed by atoms with Crippen LogP contribution in [0.5, 0.6) is 0 Å². The summed E-state index contributed by atoms with van der Waals surface area (Å²) < 4.78 is 44.3. The minimum absolute atomic E-state index is 0.102. The van der Waals surface area contributed by atoms with Gasteiger partial charge in [0, 0.05) is 36.2 Å². The second-order valence-corrected chi connectivity index (χ2v) is 11.4. The van der Waals surface area contributed by atoms with Crippen LogP contribution in [-0.2, 0) is 6.42 Å². The van der Waals surface area contributed by atoms with Crippen LogP contribution in [-0.4, -0.2) is 37.6 Å². The fraction of sp³-hybridized carbons (Fsp3) is 0.400. The number of nitrogens with zero attached hydrogens (tertiary/aromatic N) is 5. The van der Waals surface area contributed by atoms with Crippen LogP contribution >= 0.6 is 23.3 Å². The topological polar surface area (TPSA) is 46.3 Å². The maximum Gasteiger partial charge on any atom is 0.446 e. The lowest BCUT2D eigenvalue weighted by atomic mass is 9.82. The first kappa shape index (κ1) is 22.8.